The molecule has 0 radical (unpaired) electrons. The van der Waals surface area contributed by atoms with Crippen LogP contribution < -0.4 is 5.32 Å². The van der Waals surface area contributed by atoms with Crippen LogP contribution in [-0.2, 0) is 26.0 Å². The van der Waals surface area contributed by atoms with E-state index < -0.39 is 10.0 Å². The minimum absolute atomic E-state index is 0.0882. The quantitative estimate of drug-likeness (QED) is 0.736. The summed E-state index contributed by atoms with van der Waals surface area (Å²) < 4.78 is 32.0. The van der Waals surface area contributed by atoms with Gasteiger partial charge in [0.2, 0.25) is 15.9 Å². The van der Waals surface area contributed by atoms with Crippen LogP contribution in [0.2, 0.25) is 0 Å². The van der Waals surface area contributed by atoms with Gasteiger partial charge < -0.3 is 10.1 Å². The fourth-order valence-electron chi connectivity index (χ4n) is 5.36. The highest BCUT2D eigenvalue weighted by molar-refractivity contribution is 7.89. The molecule has 1 saturated heterocycles. The Labute approximate surface area is 174 Å². The molecule has 1 heterocycles. The number of benzene rings is 1. The topological polar surface area (TPSA) is 75.7 Å². The number of morpholine rings is 1. The van der Waals surface area contributed by atoms with Gasteiger partial charge in [-0.25, -0.2) is 8.42 Å². The summed E-state index contributed by atoms with van der Waals surface area (Å²) >= 11 is 0. The zero-order valence-corrected chi connectivity index (χ0v) is 18.0. The number of carbonyl (C=O) groups excluding carboxylic acids is 1. The summed E-state index contributed by atoms with van der Waals surface area (Å²) in [7, 11) is -3.47. The summed E-state index contributed by atoms with van der Waals surface area (Å²) in [6, 6.07) is 7.19. The second kappa shape index (κ2) is 8.74. The summed E-state index contributed by atoms with van der Waals surface area (Å²) in [6.45, 7) is 3.81. The third-order valence-corrected chi connectivity index (χ3v) is 8.91. The van der Waals surface area contributed by atoms with Gasteiger partial charge in [-0.05, 0) is 68.1 Å². The zero-order valence-electron chi connectivity index (χ0n) is 17.2. The third kappa shape index (κ3) is 4.67. The molecule has 4 unspecified atom stereocenters. The largest absolute Gasteiger partial charge is 0.379 e. The van der Waals surface area contributed by atoms with E-state index in [0.29, 0.717) is 50.0 Å². The predicted octanol–water partition coefficient (Wildman–Crippen LogP) is 2.58. The number of sulfonamides is 1. The van der Waals surface area contributed by atoms with E-state index in [4.69, 9.17) is 4.74 Å². The van der Waals surface area contributed by atoms with E-state index in [1.165, 1.54) is 30.0 Å². The Hall–Kier alpha value is -1.44. The van der Waals surface area contributed by atoms with Crippen molar-refractivity contribution < 1.29 is 17.9 Å². The van der Waals surface area contributed by atoms with Gasteiger partial charge in [-0.3, -0.25) is 4.79 Å². The lowest BCUT2D eigenvalue weighted by atomic mass is 9.84. The van der Waals surface area contributed by atoms with E-state index in [-0.39, 0.29) is 11.9 Å². The Morgan fingerprint density at radius 1 is 1.17 bits per heavy atom. The van der Waals surface area contributed by atoms with E-state index in [2.05, 4.69) is 12.2 Å². The van der Waals surface area contributed by atoms with Crippen LogP contribution >= 0.6 is 0 Å². The molecule has 4 rings (SSSR count). The van der Waals surface area contributed by atoms with Gasteiger partial charge in [-0.2, -0.15) is 4.31 Å². The molecule has 1 aliphatic heterocycles. The van der Waals surface area contributed by atoms with Gasteiger partial charge in [0, 0.05) is 25.6 Å². The second-order valence-corrected chi connectivity index (χ2v) is 10.8. The van der Waals surface area contributed by atoms with Gasteiger partial charge in [0.1, 0.15) is 0 Å². The standard InChI is InChI=1S/C22H32N2O4S/c1-16(21-15-18-2-6-19(21)14-18)23-22(25)9-5-17-3-7-20(8-4-17)29(26,27)24-10-12-28-13-11-24/h3-4,7-8,16,18-19,21H,2,5-6,9-15H2,1H3,(H,23,25). The number of fused-ring (bicyclic) bond motifs is 2. The maximum absolute atomic E-state index is 12.7. The number of aryl methyl sites for hydroxylation is 1. The van der Waals surface area contributed by atoms with Crippen LogP contribution in [0.5, 0.6) is 0 Å². The van der Waals surface area contributed by atoms with Crippen molar-refractivity contribution in [3.63, 3.8) is 0 Å². The molecule has 1 aromatic rings. The molecule has 4 atom stereocenters. The maximum Gasteiger partial charge on any atom is 0.243 e. The SMILES string of the molecule is CC(NC(=O)CCc1ccc(S(=O)(=O)N2CCOCC2)cc1)C1CC2CCC1C2. The van der Waals surface area contributed by atoms with E-state index in [1.54, 1.807) is 12.1 Å². The minimum Gasteiger partial charge on any atom is -0.379 e. The molecule has 3 fully saturated rings. The lowest BCUT2D eigenvalue weighted by Crippen LogP contribution is -2.40. The Balaban J connectivity index is 1.27. The van der Waals surface area contributed by atoms with Crippen LogP contribution in [0.3, 0.4) is 0 Å². The first-order valence-corrected chi connectivity index (χ1v) is 12.3. The van der Waals surface area contributed by atoms with Gasteiger partial charge >= 0.3 is 0 Å². The number of carbonyl (C=O) groups is 1. The monoisotopic (exact) mass is 420 g/mol. The summed E-state index contributed by atoms with van der Waals surface area (Å²) in [5, 5.41) is 3.20. The van der Waals surface area contributed by atoms with Crippen molar-refractivity contribution in [2.75, 3.05) is 26.3 Å². The highest BCUT2D eigenvalue weighted by Crippen LogP contribution is 2.49. The molecule has 160 valence electrons. The number of rotatable bonds is 7. The maximum atomic E-state index is 12.7. The fraction of sp³-hybridized carbons (Fsp3) is 0.682. The summed E-state index contributed by atoms with van der Waals surface area (Å²) in [4.78, 5) is 12.7. The summed E-state index contributed by atoms with van der Waals surface area (Å²) in [5.41, 5.74) is 0.980. The highest BCUT2D eigenvalue weighted by atomic mass is 32.2. The lowest BCUT2D eigenvalue weighted by Gasteiger charge is -2.28. The van der Waals surface area contributed by atoms with Crippen LogP contribution in [0, 0.1) is 17.8 Å². The number of nitrogens with one attached hydrogen (secondary N) is 1. The molecule has 6 nitrogen and oxygen atoms in total. The van der Waals surface area contributed by atoms with Gasteiger partial charge in [-0.15, -0.1) is 0 Å². The first-order chi connectivity index (χ1) is 13.9. The molecule has 1 N–H and O–H groups in total. The molecule has 2 saturated carbocycles. The molecular weight excluding hydrogens is 388 g/mol. The van der Waals surface area contributed by atoms with Gasteiger partial charge in [-0.1, -0.05) is 18.6 Å². The van der Waals surface area contributed by atoms with E-state index >= 15 is 0 Å². The first-order valence-electron chi connectivity index (χ1n) is 10.9. The van der Waals surface area contributed by atoms with Crippen molar-refractivity contribution in [1.29, 1.82) is 0 Å². The highest BCUT2D eigenvalue weighted by Gasteiger charge is 2.42. The summed E-state index contributed by atoms with van der Waals surface area (Å²) in [5.74, 6) is 2.42. The number of ether oxygens (including phenoxy) is 1. The minimum atomic E-state index is -3.47. The van der Waals surface area contributed by atoms with Gasteiger partial charge in [0.25, 0.3) is 0 Å². The van der Waals surface area contributed by atoms with Crippen molar-refractivity contribution in [1.82, 2.24) is 9.62 Å². The molecule has 0 aromatic heterocycles. The average Bonchev–Trinajstić information content (AvgIpc) is 3.37. The Morgan fingerprint density at radius 3 is 2.52 bits per heavy atom. The van der Waals surface area contributed by atoms with Gasteiger partial charge in [0.05, 0.1) is 18.1 Å². The van der Waals surface area contributed by atoms with E-state index in [9.17, 15) is 13.2 Å². The van der Waals surface area contributed by atoms with E-state index in [0.717, 1.165) is 17.4 Å². The molecule has 2 aliphatic carbocycles. The molecule has 3 aliphatic rings. The molecule has 0 spiro atoms. The predicted molar refractivity (Wildman–Crippen MR) is 111 cm³/mol. The van der Waals surface area contributed by atoms with E-state index in [1.807, 2.05) is 12.1 Å². The molecule has 7 heteroatoms. The third-order valence-electron chi connectivity index (χ3n) is 7.00. The number of nitrogens with zero attached hydrogens (tertiary/aromatic N) is 1. The van der Waals surface area contributed by atoms with Crippen LogP contribution in [-0.4, -0.2) is 51.0 Å². The number of hydrogen-bond acceptors (Lipinski definition) is 4. The van der Waals surface area contributed by atoms with Crippen LogP contribution in [0.15, 0.2) is 29.2 Å². The Bertz CT molecular complexity index is 818. The Kier molecular flexibility index (Phi) is 6.27. The number of amides is 1. The normalized spacial score (nSPS) is 28.4. The van der Waals surface area contributed by atoms with Crippen molar-refractivity contribution in [2.45, 2.75) is 56.4 Å². The molecular formula is C22H32N2O4S. The lowest BCUT2D eigenvalue weighted by molar-refractivity contribution is -0.122. The molecule has 2 bridgehead atoms. The molecule has 1 amide bonds. The van der Waals surface area contributed by atoms with Crippen molar-refractivity contribution in [3.05, 3.63) is 29.8 Å². The van der Waals surface area contributed by atoms with Crippen LogP contribution in [0.4, 0.5) is 0 Å². The zero-order chi connectivity index (χ0) is 20.4. The average molecular weight is 421 g/mol. The van der Waals surface area contributed by atoms with Gasteiger partial charge in [0.15, 0.2) is 0 Å². The van der Waals surface area contributed by atoms with Crippen LogP contribution in [0.1, 0.15) is 44.6 Å². The fourth-order valence-corrected chi connectivity index (χ4v) is 6.77. The Morgan fingerprint density at radius 2 is 1.90 bits per heavy atom. The van der Waals surface area contributed by atoms with Crippen molar-refractivity contribution in [2.24, 2.45) is 17.8 Å². The summed E-state index contributed by atoms with van der Waals surface area (Å²) in [6.07, 6.45) is 6.37. The van der Waals surface area contributed by atoms with Crippen molar-refractivity contribution >= 4 is 15.9 Å². The second-order valence-electron chi connectivity index (χ2n) is 8.86. The smallest absolute Gasteiger partial charge is 0.243 e. The molecule has 1 aromatic carbocycles. The van der Waals surface area contributed by atoms with Crippen LogP contribution in [0.25, 0.3) is 0 Å². The first kappa shape index (κ1) is 20.8. The molecule has 29 heavy (non-hydrogen) atoms. The number of hydrogen-bond donors (Lipinski definition) is 1. The van der Waals surface area contributed by atoms with Crippen molar-refractivity contribution in [3.8, 4) is 0 Å².